The van der Waals surface area contributed by atoms with Gasteiger partial charge in [-0.2, -0.15) is 0 Å². The van der Waals surface area contributed by atoms with Crippen molar-refractivity contribution in [1.82, 2.24) is 10.5 Å². The second-order valence-corrected chi connectivity index (χ2v) is 9.62. The predicted octanol–water partition coefficient (Wildman–Crippen LogP) is 3.48. The van der Waals surface area contributed by atoms with E-state index in [1.54, 1.807) is 12.1 Å². The number of benzene rings is 2. The molecule has 0 unspecified atom stereocenters. The first-order valence-corrected chi connectivity index (χ1v) is 12.8. The van der Waals surface area contributed by atoms with Gasteiger partial charge in [0.1, 0.15) is 11.5 Å². The third-order valence-corrected chi connectivity index (χ3v) is 6.37. The molecule has 2 aromatic carbocycles. The summed E-state index contributed by atoms with van der Waals surface area (Å²) >= 11 is 6.07. The Hall–Kier alpha value is -4.51. The molecule has 3 rings (SSSR count). The average molecular weight is 570 g/mol. The number of hydrogen-bond acceptors (Lipinski definition) is 7. The summed E-state index contributed by atoms with van der Waals surface area (Å²) < 4.78 is 5.35. The van der Waals surface area contributed by atoms with Gasteiger partial charge in [0.2, 0.25) is 11.8 Å². The maximum absolute atomic E-state index is 12.7. The van der Waals surface area contributed by atoms with Crippen molar-refractivity contribution in [3.63, 3.8) is 0 Å². The number of rotatable bonds is 15. The second kappa shape index (κ2) is 14.0. The summed E-state index contributed by atoms with van der Waals surface area (Å²) in [4.78, 5) is 58.8. The van der Waals surface area contributed by atoms with Gasteiger partial charge in [0.25, 0.3) is 0 Å². The van der Waals surface area contributed by atoms with Gasteiger partial charge in [-0.25, -0.2) is 0 Å². The lowest BCUT2D eigenvalue weighted by Gasteiger charge is -2.19. The molecule has 0 fully saturated rings. The highest BCUT2D eigenvalue weighted by atomic mass is 35.5. The van der Waals surface area contributed by atoms with Gasteiger partial charge in [-0.1, -0.05) is 53.2 Å². The van der Waals surface area contributed by atoms with Crippen LogP contribution in [-0.2, 0) is 30.4 Å². The van der Waals surface area contributed by atoms with E-state index in [4.69, 9.17) is 32.1 Å². The molecule has 0 bridgehead atoms. The molecule has 1 aromatic heterocycles. The number of nitrogens with two attached hydrogens (primary N) is 1. The number of carbonyl (C=O) groups excluding carboxylic acids is 3. The minimum absolute atomic E-state index is 0.0897. The molecule has 210 valence electrons. The van der Waals surface area contributed by atoms with Crippen molar-refractivity contribution in [2.24, 2.45) is 11.7 Å². The van der Waals surface area contributed by atoms with Crippen molar-refractivity contribution >= 4 is 41.1 Å². The van der Waals surface area contributed by atoms with Crippen LogP contribution in [0.2, 0.25) is 5.02 Å². The van der Waals surface area contributed by atoms with E-state index in [0.717, 1.165) is 16.7 Å². The summed E-state index contributed by atoms with van der Waals surface area (Å²) in [6, 6.07) is 15.6. The lowest BCUT2D eigenvalue weighted by Crippen LogP contribution is -2.43. The zero-order chi connectivity index (χ0) is 29.2. The van der Waals surface area contributed by atoms with E-state index >= 15 is 0 Å². The van der Waals surface area contributed by atoms with Gasteiger partial charge in [-0.05, 0) is 29.7 Å². The Morgan fingerprint density at radius 2 is 1.60 bits per heavy atom. The molecule has 12 heteroatoms. The second-order valence-electron chi connectivity index (χ2n) is 9.19. The van der Waals surface area contributed by atoms with Gasteiger partial charge in [-0.3, -0.25) is 24.0 Å². The number of aromatic nitrogens is 1. The summed E-state index contributed by atoms with van der Waals surface area (Å²) in [5.74, 6) is -5.55. The van der Waals surface area contributed by atoms with Crippen LogP contribution in [0.25, 0.3) is 22.4 Å². The Morgan fingerprint density at radius 1 is 0.900 bits per heavy atom. The average Bonchev–Trinajstić information content (AvgIpc) is 3.38. The molecule has 2 atom stereocenters. The first kappa shape index (κ1) is 30.0. The van der Waals surface area contributed by atoms with Crippen molar-refractivity contribution < 1.29 is 38.7 Å². The largest absolute Gasteiger partial charge is 0.481 e. The summed E-state index contributed by atoms with van der Waals surface area (Å²) in [6.07, 6.45) is -1.77. The van der Waals surface area contributed by atoms with Crippen LogP contribution in [0, 0.1) is 5.92 Å². The van der Waals surface area contributed by atoms with E-state index in [1.165, 1.54) is 0 Å². The summed E-state index contributed by atoms with van der Waals surface area (Å²) in [6.45, 7) is 0. The summed E-state index contributed by atoms with van der Waals surface area (Å²) in [5.41, 5.74) is 8.51. The SMILES string of the molecule is NC(=O)[C@H](CC(=O)O)CC(=O)[C@H](CCC(=O)O)NC(=O)CCc1cc(-c2ccc(-c3cccc(Cl)c3)cc2)no1. The Bertz CT molecular complexity index is 1390. The van der Waals surface area contributed by atoms with E-state index in [2.05, 4.69) is 10.5 Å². The van der Waals surface area contributed by atoms with Gasteiger partial charge < -0.3 is 25.8 Å². The number of aliphatic carboxylic acids is 2. The number of primary amides is 1. The summed E-state index contributed by atoms with van der Waals surface area (Å²) in [5, 5.41) is 25.1. The first-order chi connectivity index (χ1) is 19.0. The molecule has 3 aromatic rings. The molecule has 0 saturated heterocycles. The van der Waals surface area contributed by atoms with Crippen molar-refractivity contribution in [2.75, 3.05) is 0 Å². The van der Waals surface area contributed by atoms with Crippen molar-refractivity contribution in [2.45, 2.75) is 44.6 Å². The number of aryl methyl sites for hydroxylation is 1. The zero-order valence-corrected chi connectivity index (χ0v) is 22.1. The number of carboxylic acid groups (broad SMARTS) is 2. The number of nitrogens with zero attached hydrogens (tertiary/aromatic N) is 1. The number of halogens is 1. The van der Waals surface area contributed by atoms with Crippen molar-refractivity contribution in [3.05, 3.63) is 65.4 Å². The number of carbonyl (C=O) groups is 5. The van der Waals surface area contributed by atoms with Crippen LogP contribution in [0.4, 0.5) is 0 Å². The van der Waals surface area contributed by atoms with Gasteiger partial charge in [0.15, 0.2) is 5.78 Å². The number of nitrogens with one attached hydrogen (secondary N) is 1. The van der Waals surface area contributed by atoms with E-state index in [0.29, 0.717) is 16.5 Å². The number of ketones is 1. The molecule has 11 nitrogen and oxygen atoms in total. The molecule has 0 radical (unpaired) electrons. The number of hydrogen-bond donors (Lipinski definition) is 4. The summed E-state index contributed by atoms with van der Waals surface area (Å²) in [7, 11) is 0. The molecular formula is C28H28ClN3O8. The third-order valence-electron chi connectivity index (χ3n) is 6.14. The minimum Gasteiger partial charge on any atom is -0.481 e. The highest BCUT2D eigenvalue weighted by molar-refractivity contribution is 6.30. The van der Waals surface area contributed by atoms with Crippen LogP contribution < -0.4 is 11.1 Å². The molecule has 0 aliphatic carbocycles. The monoisotopic (exact) mass is 569 g/mol. The van der Waals surface area contributed by atoms with Crippen LogP contribution in [0.5, 0.6) is 0 Å². The molecule has 2 amide bonds. The van der Waals surface area contributed by atoms with Crippen LogP contribution in [0.15, 0.2) is 59.1 Å². The Balaban J connectivity index is 1.59. The first-order valence-electron chi connectivity index (χ1n) is 12.4. The molecule has 5 N–H and O–H groups in total. The zero-order valence-electron chi connectivity index (χ0n) is 21.3. The number of Topliss-reactive ketones (excluding diaryl/α,β-unsaturated/α-hetero) is 1. The Kier molecular flexibility index (Phi) is 10.5. The van der Waals surface area contributed by atoms with Gasteiger partial charge >= 0.3 is 11.9 Å². The highest BCUT2D eigenvalue weighted by Crippen LogP contribution is 2.26. The van der Waals surface area contributed by atoms with E-state index in [1.807, 2.05) is 42.5 Å². The standard InChI is InChI=1S/C28H28ClN3O8/c29-20-3-1-2-18(12-20)16-4-6-17(7-5-16)23-15-21(40-32-23)8-10-25(34)31-22(9-11-26(35)36)24(33)13-19(28(30)39)14-27(37)38/h1-7,12,15,19,22H,8-11,13-14H2,(H2,30,39)(H,31,34)(H,35,36)(H,37,38)/t19-,22-/m0/s1. The van der Waals surface area contributed by atoms with Crippen molar-refractivity contribution in [1.29, 1.82) is 0 Å². The predicted molar refractivity (Wildman–Crippen MR) is 144 cm³/mol. The number of amides is 2. The fraction of sp³-hybridized carbons (Fsp3) is 0.286. The molecule has 40 heavy (non-hydrogen) atoms. The van der Waals surface area contributed by atoms with E-state index in [-0.39, 0.29) is 19.3 Å². The van der Waals surface area contributed by atoms with Crippen LogP contribution in [0.1, 0.15) is 37.9 Å². The Labute approximate surface area is 234 Å². The molecule has 0 aliphatic rings. The fourth-order valence-corrected chi connectivity index (χ4v) is 4.21. The van der Waals surface area contributed by atoms with Crippen LogP contribution in [-0.4, -0.2) is 50.9 Å². The molecule has 0 aliphatic heterocycles. The normalized spacial score (nSPS) is 12.3. The van der Waals surface area contributed by atoms with Gasteiger partial charge in [0.05, 0.1) is 18.4 Å². The van der Waals surface area contributed by atoms with E-state index in [9.17, 15) is 24.0 Å². The maximum Gasteiger partial charge on any atom is 0.304 e. The quantitative estimate of drug-likeness (QED) is 0.212. The molecule has 0 saturated carbocycles. The van der Waals surface area contributed by atoms with Crippen LogP contribution >= 0.6 is 11.6 Å². The van der Waals surface area contributed by atoms with E-state index < -0.39 is 60.8 Å². The maximum atomic E-state index is 12.7. The molecular weight excluding hydrogens is 542 g/mol. The number of carboxylic acids is 2. The lowest BCUT2D eigenvalue weighted by molar-refractivity contribution is -0.141. The van der Waals surface area contributed by atoms with Crippen molar-refractivity contribution in [3.8, 4) is 22.4 Å². The van der Waals surface area contributed by atoms with Crippen LogP contribution in [0.3, 0.4) is 0 Å². The molecule has 1 heterocycles. The smallest absolute Gasteiger partial charge is 0.304 e. The topological polar surface area (TPSA) is 190 Å². The highest BCUT2D eigenvalue weighted by Gasteiger charge is 2.28. The molecule has 0 spiro atoms. The fourth-order valence-electron chi connectivity index (χ4n) is 4.02. The Morgan fingerprint density at radius 3 is 2.23 bits per heavy atom. The van der Waals surface area contributed by atoms with Gasteiger partial charge in [0, 0.05) is 42.3 Å². The lowest BCUT2D eigenvalue weighted by atomic mass is 9.93. The van der Waals surface area contributed by atoms with Gasteiger partial charge in [-0.15, -0.1) is 0 Å². The minimum atomic E-state index is -1.31. The third kappa shape index (κ3) is 9.05.